The lowest BCUT2D eigenvalue weighted by atomic mass is 10.1. The van der Waals surface area contributed by atoms with Crippen molar-refractivity contribution in [2.75, 3.05) is 7.05 Å². The molecule has 2 aromatic rings. The van der Waals surface area contributed by atoms with Crippen molar-refractivity contribution in [2.45, 2.75) is 45.9 Å². The summed E-state index contributed by atoms with van der Waals surface area (Å²) in [6.45, 7) is 6.95. The molecule has 0 fully saturated rings. The standard InChI is InChI=1S/C17H25N3O/c1-5-13(2)20-11-10-15(19-20)12-21-17-9-7-6-8-16(17)14(3)18-4/h6-11,13-14,18H,5,12H2,1-4H3. The predicted molar refractivity (Wildman–Crippen MR) is 85.5 cm³/mol. The first kappa shape index (κ1) is 15.6. The zero-order valence-corrected chi connectivity index (χ0v) is 13.3. The molecule has 2 atom stereocenters. The lowest BCUT2D eigenvalue weighted by molar-refractivity contribution is 0.292. The maximum atomic E-state index is 5.96. The van der Waals surface area contributed by atoms with Crippen molar-refractivity contribution in [3.8, 4) is 5.75 Å². The number of hydrogen-bond acceptors (Lipinski definition) is 3. The molecule has 1 N–H and O–H groups in total. The summed E-state index contributed by atoms with van der Waals surface area (Å²) in [5.41, 5.74) is 2.13. The average molecular weight is 287 g/mol. The largest absolute Gasteiger partial charge is 0.487 e. The van der Waals surface area contributed by atoms with Gasteiger partial charge in [0.2, 0.25) is 0 Å². The van der Waals surface area contributed by atoms with Gasteiger partial charge in [-0.25, -0.2) is 0 Å². The van der Waals surface area contributed by atoms with Gasteiger partial charge in [0, 0.05) is 23.8 Å². The molecule has 2 unspecified atom stereocenters. The highest BCUT2D eigenvalue weighted by molar-refractivity contribution is 5.35. The van der Waals surface area contributed by atoms with Crippen LogP contribution in [0.15, 0.2) is 36.5 Å². The minimum atomic E-state index is 0.263. The van der Waals surface area contributed by atoms with Crippen molar-refractivity contribution < 1.29 is 4.74 Å². The molecule has 21 heavy (non-hydrogen) atoms. The smallest absolute Gasteiger partial charge is 0.132 e. The molecule has 0 aliphatic rings. The molecule has 1 aromatic heterocycles. The molecule has 0 saturated heterocycles. The van der Waals surface area contributed by atoms with E-state index >= 15 is 0 Å². The highest BCUT2D eigenvalue weighted by Gasteiger charge is 2.10. The van der Waals surface area contributed by atoms with E-state index in [1.165, 1.54) is 5.56 Å². The number of hydrogen-bond donors (Lipinski definition) is 1. The monoisotopic (exact) mass is 287 g/mol. The molecule has 2 rings (SSSR count). The Hall–Kier alpha value is -1.81. The molecule has 0 aliphatic heterocycles. The first-order valence-electron chi connectivity index (χ1n) is 7.58. The predicted octanol–water partition coefficient (Wildman–Crippen LogP) is 3.71. The molecular weight excluding hydrogens is 262 g/mol. The van der Waals surface area contributed by atoms with Crippen LogP contribution in [0.4, 0.5) is 0 Å². The van der Waals surface area contributed by atoms with Gasteiger partial charge in [-0.1, -0.05) is 25.1 Å². The summed E-state index contributed by atoms with van der Waals surface area (Å²) in [6, 6.07) is 10.8. The lowest BCUT2D eigenvalue weighted by Crippen LogP contribution is -2.13. The van der Waals surface area contributed by atoms with Crippen LogP contribution in [0.3, 0.4) is 0 Å². The van der Waals surface area contributed by atoms with Gasteiger partial charge < -0.3 is 10.1 Å². The van der Waals surface area contributed by atoms with Crippen LogP contribution >= 0.6 is 0 Å². The van der Waals surface area contributed by atoms with Crippen LogP contribution in [0.1, 0.15) is 50.5 Å². The minimum Gasteiger partial charge on any atom is -0.487 e. The van der Waals surface area contributed by atoms with E-state index in [1.54, 1.807) is 0 Å². The lowest BCUT2D eigenvalue weighted by Gasteiger charge is -2.16. The number of benzene rings is 1. The molecule has 1 aromatic carbocycles. The van der Waals surface area contributed by atoms with Gasteiger partial charge in [-0.05, 0) is 39.4 Å². The summed E-state index contributed by atoms with van der Waals surface area (Å²) in [5, 5.41) is 7.81. The molecule has 0 saturated carbocycles. The third-order valence-corrected chi connectivity index (χ3v) is 3.90. The number of nitrogens with one attached hydrogen (secondary N) is 1. The van der Waals surface area contributed by atoms with Gasteiger partial charge >= 0.3 is 0 Å². The van der Waals surface area contributed by atoms with Gasteiger partial charge in [0.05, 0.1) is 5.69 Å². The first-order valence-corrected chi connectivity index (χ1v) is 7.58. The molecule has 4 nitrogen and oxygen atoms in total. The zero-order valence-electron chi connectivity index (χ0n) is 13.3. The fourth-order valence-electron chi connectivity index (χ4n) is 2.16. The number of aromatic nitrogens is 2. The second kappa shape index (κ2) is 7.27. The normalized spacial score (nSPS) is 13.9. The molecule has 114 valence electrons. The van der Waals surface area contributed by atoms with Crippen LogP contribution < -0.4 is 10.1 Å². The number of para-hydroxylation sites is 1. The number of rotatable bonds is 7. The van der Waals surface area contributed by atoms with Crippen molar-refractivity contribution in [1.82, 2.24) is 15.1 Å². The summed E-state index contributed by atoms with van der Waals surface area (Å²) in [5.74, 6) is 0.914. The zero-order chi connectivity index (χ0) is 15.2. The van der Waals surface area contributed by atoms with Crippen molar-refractivity contribution in [3.63, 3.8) is 0 Å². The number of nitrogens with zero attached hydrogens (tertiary/aromatic N) is 2. The highest BCUT2D eigenvalue weighted by atomic mass is 16.5. The van der Waals surface area contributed by atoms with Gasteiger partial charge in [0.1, 0.15) is 12.4 Å². The van der Waals surface area contributed by atoms with Gasteiger partial charge in [-0.15, -0.1) is 0 Å². The highest BCUT2D eigenvalue weighted by Crippen LogP contribution is 2.25. The van der Waals surface area contributed by atoms with E-state index in [0.717, 1.165) is 17.9 Å². The van der Waals surface area contributed by atoms with Gasteiger partial charge in [0.25, 0.3) is 0 Å². The summed E-state index contributed by atoms with van der Waals surface area (Å²) in [4.78, 5) is 0. The van der Waals surface area contributed by atoms with Gasteiger partial charge in [-0.2, -0.15) is 5.10 Å². The fraction of sp³-hybridized carbons (Fsp3) is 0.471. The molecule has 0 aliphatic carbocycles. The molecule has 0 spiro atoms. The summed E-state index contributed by atoms with van der Waals surface area (Å²) in [6.07, 6.45) is 3.10. The summed E-state index contributed by atoms with van der Waals surface area (Å²) >= 11 is 0. The van der Waals surface area contributed by atoms with Crippen LogP contribution in [0.25, 0.3) is 0 Å². The molecule has 0 bridgehead atoms. The van der Waals surface area contributed by atoms with Crippen LogP contribution in [-0.2, 0) is 6.61 Å². The van der Waals surface area contributed by atoms with Crippen LogP contribution in [0.5, 0.6) is 5.75 Å². The van der Waals surface area contributed by atoms with Crippen LogP contribution in [0, 0.1) is 0 Å². The Labute approximate surface area is 127 Å². The first-order chi connectivity index (χ1) is 10.2. The van der Waals surface area contributed by atoms with E-state index < -0.39 is 0 Å². The molecule has 1 heterocycles. The maximum absolute atomic E-state index is 5.96. The Morgan fingerprint density at radius 1 is 1.24 bits per heavy atom. The third kappa shape index (κ3) is 3.85. The van der Waals surface area contributed by atoms with E-state index in [0.29, 0.717) is 12.6 Å². The SMILES string of the molecule is CCC(C)n1ccc(COc2ccccc2C(C)NC)n1. The van der Waals surface area contributed by atoms with Crippen molar-refractivity contribution in [2.24, 2.45) is 0 Å². The Morgan fingerprint density at radius 3 is 2.71 bits per heavy atom. The van der Waals surface area contributed by atoms with Crippen molar-refractivity contribution >= 4 is 0 Å². The quantitative estimate of drug-likeness (QED) is 0.843. The van der Waals surface area contributed by atoms with Crippen molar-refractivity contribution in [3.05, 3.63) is 47.8 Å². The molecule has 0 amide bonds. The van der Waals surface area contributed by atoms with Crippen LogP contribution in [0.2, 0.25) is 0 Å². The minimum absolute atomic E-state index is 0.263. The topological polar surface area (TPSA) is 39.1 Å². The van der Waals surface area contributed by atoms with E-state index in [2.05, 4.69) is 37.3 Å². The molecular formula is C17H25N3O. The Morgan fingerprint density at radius 2 is 2.00 bits per heavy atom. The van der Waals surface area contributed by atoms with Crippen LogP contribution in [-0.4, -0.2) is 16.8 Å². The van der Waals surface area contributed by atoms with E-state index in [4.69, 9.17) is 4.74 Å². The summed E-state index contributed by atoms with van der Waals surface area (Å²) < 4.78 is 7.96. The second-order valence-corrected chi connectivity index (χ2v) is 5.38. The molecule has 0 radical (unpaired) electrons. The Kier molecular flexibility index (Phi) is 5.39. The van der Waals surface area contributed by atoms with E-state index in [9.17, 15) is 0 Å². The second-order valence-electron chi connectivity index (χ2n) is 5.38. The van der Waals surface area contributed by atoms with E-state index in [1.807, 2.05) is 42.2 Å². The molecule has 4 heteroatoms. The van der Waals surface area contributed by atoms with Gasteiger partial charge in [-0.3, -0.25) is 4.68 Å². The van der Waals surface area contributed by atoms with E-state index in [-0.39, 0.29) is 6.04 Å². The number of ether oxygens (including phenoxy) is 1. The Bertz CT molecular complexity index is 565. The fourth-order valence-corrected chi connectivity index (χ4v) is 2.16. The average Bonchev–Trinajstić information content (AvgIpc) is 3.00. The third-order valence-electron chi connectivity index (χ3n) is 3.90. The van der Waals surface area contributed by atoms with Crippen molar-refractivity contribution in [1.29, 1.82) is 0 Å². The maximum Gasteiger partial charge on any atom is 0.132 e. The van der Waals surface area contributed by atoms with Gasteiger partial charge in [0.15, 0.2) is 0 Å². The Balaban J connectivity index is 2.05. The summed E-state index contributed by atoms with van der Waals surface area (Å²) in [7, 11) is 1.95.